The monoisotopic (exact) mass is 299 g/mol. The molecule has 1 aliphatic rings. The van der Waals surface area contributed by atoms with Crippen LogP contribution in [0.1, 0.15) is 5.37 Å². The first kappa shape index (κ1) is 13.4. The summed E-state index contributed by atoms with van der Waals surface area (Å²) in [6, 6.07) is 0. The van der Waals surface area contributed by atoms with Gasteiger partial charge >= 0.3 is 0 Å². The summed E-state index contributed by atoms with van der Waals surface area (Å²) in [4.78, 5) is 22.0. The molecule has 0 amide bonds. The Kier molecular flexibility index (Phi) is 3.17. The third-order valence-corrected chi connectivity index (χ3v) is 4.80. The van der Waals surface area contributed by atoms with Crippen molar-refractivity contribution in [1.29, 1.82) is 0 Å². The molecule has 0 aromatic carbocycles. The Labute approximate surface area is 116 Å². The Hall–Kier alpha value is -1.62. The van der Waals surface area contributed by atoms with Crippen LogP contribution in [0.2, 0.25) is 0 Å². The van der Waals surface area contributed by atoms with Crippen molar-refractivity contribution < 1.29 is 15.3 Å². The Morgan fingerprint density at radius 2 is 2.20 bits per heavy atom. The van der Waals surface area contributed by atoms with Crippen LogP contribution in [0.5, 0.6) is 0 Å². The zero-order valence-corrected chi connectivity index (χ0v) is 11.0. The van der Waals surface area contributed by atoms with Gasteiger partial charge in [0.25, 0.3) is 5.56 Å². The van der Waals surface area contributed by atoms with Crippen molar-refractivity contribution in [3.05, 3.63) is 16.7 Å². The van der Waals surface area contributed by atoms with Gasteiger partial charge in [-0.05, 0) is 0 Å². The summed E-state index contributed by atoms with van der Waals surface area (Å²) in [5, 5.41) is 27.9. The maximum absolute atomic E-state index is 11.7. The molecule has 2 aromatic rings. The first-order valence-corrected chi connectivity index (χ1v) is 6.82. The highest BCUT2D eigenvalue weighted by molar-refractivity contribution is 8.00. The number of nitrogen functional groups attached to an aromatic ring is 1. The van der Waals surface area contributed by atoms with Gasteiger partial charge in [-0.15, -0.1) is 11.8 Å². The maximum atomic E-state index is 11.7. The average Bonchev–Trinajstić information content (AvgIpc) is 2.93. The zero-order valence-electron chi connectivity index (χ0n) is 10.2. The van der Waals surface area contributed by atoms with E-state index in [1.165, 1.54) is 22.7 Å². The topological polar surface area (TPSA) is 150 Å². The molecule has 2 unspecified atom stereocenters. The van der Waals surface area contributed by atoms with Crippen LogP contribution < -0.4 is 11.3 Å². The second-order valence-corrected chi connectivity index (χ2v) is 5.86. The summed E-state index contributed by atoms with van der Waals surface area (Å²) in [6.07, 6.45) is -0.802. The minimum Gasteiger partial charge on any atom is -0.395 e. The van der Waals surface area contributed by atoms with E-state index in [0.717, 1.165) is 0 Å². The van der Waals surface area contributed by atoms with E-state index in [1.54, 1.807) is 0 Å². The van der Waals surface area contributed by atoms with Gasteiger partial charge in [0.2, 0.25) is 5.95 Å². The fourth-order valence-electron chi connectivity index (χ4n) is 2.24. The molecule has 1 fully saturated rings. The van der Waals surface area contributed by atoms with Gasteiger partial charge in [0, 0.05) is 0 Å². The van der Waals surface area contributed by atoms with E-state index >= 15 is 0 Å². The Morgan fingerprint density at radius 1 is 1.45 bits per heavy atom. The summed E-state index contributed by atoms with van der Waals surface area (Å²) in [5.74, 6) is -0.0546. The number of thioether (sulfide) groups is 1. The van der Waals surface area contributed by atoms with Gasteiger partial charge in [-0.25, -0.2) is 4.98 Å². The number of rotatable bonds is 2. The summed E-state index contributed by atoms with van der Waals surface area (Å²) in [5.41, 5.74) is 5.37. The lowest BCUT2D eigenvalue weighted by Crippen LogP contribution is -2.32. The second-order valence-electron chi connectivity index (χ2n) is 4.50. The molecular weight excluding hydrogens is 286 g/mol. The molecule has 20 heavy (non-hydrogen) atoms. The van der Waals surface area contributed by atoms with E-state index in [0.29, 0.717) is 0 Å². The van der Waals surface area contributed by atoms with Crippen molar-refractivity contribution in [1.82, 2.24) is 19.5 Å². The number of anilines is 1. The Bertz CT molecular complexity index is 701. The van der Waals surface area contributed by atoms with Crippen LogP contribution in [0, 0.1) is 0 Å². The number of nitrogens with two attached hydrogens (primary N) is 1. The smallest absolute Gasteiger partial charge is 0.280 e. The number of nitrogens with one attached hydrogen (secondary N) is 1. The quantitative estimate of drug-likeness (QED) is 0.428. The van der Waals surface area contributed by atoms with Crippen molar-refractivity contribution in [3.8, 4) is 0 Å². The minimum atomic E-state index is -1.10. The van der Waals surface area contributed by atoms with E-state index < -0.39 is 28.4 Å². The van der Waals surface area contributed by atoms with Gasteiger partial charge in [-0.1, -0.05) is 0 Å². The molecule has 0 spiro atoms. The largest absolute Gasteiger partial charge is 0.395 e. The van der Waals surface area contributed by atoms with E-state index in [9.17, 15) is 15.0 Å². The lowest BCUT2D eigenvalue weighted by Gasteiger charge is -2.16. The molecule has 0 bridgehead atoms. The van der Waals surface area contributed by atoms with Gasteiger partial charge in [0.1, 0.15) is 11.5 Å². The van der Waals surface area contributed by atoms with Gasteiger partial charge in [-0.2, -0.15) is 4.98 Å². The van der Waals surface area contributed by atoms with Crippen LogP contribution >= 0.6 is 11.8 Å². The number of imidazole rings is 1. The van der Waals surface area contributed by atoms with Gasteiger partial charge in [0.05, 0.1) is 24.3 Å². The molecule has 108 valence electrons. The number of hydrogen-bond acceptors (Lipinski definition) is 8. The Morgan fingerprint density at radius 3 is 2.85 bits per heavy atom. The summed E-state index contributed by atoms with van der Waals surface area (Å²) in [7, 11) is 0. The molecule has 4 atom stereocenters. The van der Waals surface area contributed by atoms with Crippen LogP contribution in [0.25, 0.3) is 11.2 Å². The van der Waals surface area contributed by atoms with Crippen LogP contribution in [0.3, 0.4) is 0 Å². The van der Waals surface area contributed by atoms with Gasteiger partial charge < -0.3 is 21.1 Å². The second kappa shape index (κ2) is 4.74. The first-order chi connectivity index (χ1) is 9.52. The van der Waals surface area contributed by atoms with Crippen molar-refractivity contribution in [2.45, 2.75) is 22.8 Å². The predicted molar refractivity (Wildman–Crippen MR) is 72.1 cm³/mol. The fourth-order valence-corrected chi connectivity index (χ4v) is 3.61. The fraction of sp³-hybridized carbons (Fsp3) is 0.500. The number of hydrogen-bond donors (Lipinski definition) is 5. The Balaban J connectivity index is 2.09. The minimum absolute atomic E-state index is 0.0546. The number of aromatic amines is 1. The molecule has 0 saturated carbocycles. The molecule has 10 heteroatoms. The predicted octanol–water partition coefficient (Wildman–Crippen LogP) is -1.97. The van der Waals surface area contributed by atoms with E-state index in [-0.39, 0.29) is 23.7 Å². The molecule has 1 aliphatic heterocycles. The first-order valence-electron chi connectivity index (χ1n) is 5.87. The highest BCUT2D eigenvalue weighted by Gasteiger charge is 2.43. The molecule has 0 aliphatic carbocycles. The SMILES string of the molecule is Nc1nc2c(ncn2[C@@H]2S[C@H](CO)C(O)C2O)c(=O)[nH]1. The van der Waals surface area contributed by atoms with Gasteiger partial charge in [-0.3, -0.25) is 14.3 Å². The van der Waals surface area contributed by atoms with E-state index in [4.69, 9.17) is 10.8 Å². The van der Waals surface area contributed by atoms with Crippen LogP contribution in [-0.2, 0) is 0 Å². The molecule has 2 aromatic heterocycles. The molecular formula is C10H13N5O4S. The van der Waals surface area contributed by atoms with Crippen LogP contribution in [0.4, 0.5) is 5.95 Å². The number of aromatic nitrogens is 4. The molecule has 9 nitrogen and oxygen atoms in total. The molecule has 6 N–H and O–H groups in total. The van der Waals surface area contributed by atoms with Gasteiger partial charge in [0.15, 0.2) is 11.2 Å². The summed E-state index contributed by atoms with van der Waals surface area (Å²) >= 11 is 1.19. The summed E-state index contributed by atoms with van der Waals surface area (Å²) in [6.45, 7) is -0.262. The standard InChI is InChI=1S/C10H13N5O4S/c11-10-13-7-4(8(19)14-10)12-2-15(7)9-6(18)5(17)3(1-16)20-9/h2-3,5-6,9,16-18H,1H2,(H3,11,13,14,19)/t3-,5?,6?,9-/m1/s1. The number of aliphatic hydroxyl groups is 3. The normalized spacial score (nSPS) is 30.1. The molecule has 0 radical (unpaired) electrons. The molecule has 3 heterocycles. The number of nitrogens with zero attached hydrogens (tertiary/aromatic N) is 3. The van der Waals surface area contributed by atoms with Crippen molar-refractivity contribution in [2.75, 3.05) is 12.3 Å². The third-order valence-electron chi connectivity index (χ3n) is 3.24. The van der Waals surface area contributed by atoms with Crippen LogP contribution in [0.15, 0.2) is 11.1 Å². The zero-order chi connectivity index (χ0) is 14.4. The lowest BCUT2D eigenvalue weighted by molar-refractivity contribution is 0.0113. The number of H-pyrrole nitrogens is 1. The highest BCUT2D eigenvalue weighted by Crippen LogP contribution is 2.42. The van der Waals surface area contributed by atoms with Crippen molar-refractivity contribution in [3.63, 3.8) is 0 Å². The number of aliphatic hydroxyl groups excluding tert-OH is 3. The van der Waals surface area contributed by atoms with Crippen molar-refractivity contribution >= 4 is 28.9 Å². The van der Waals surface area contributed by atoms with E-state index in [1.807, 2.05) is 0 Å². The van der Waals surface area contributed by atoms with Crippen LogP contribution in [-0.4, -0.2) is 58.9 Å². The molecule has 3 rings (SSSR count). The average molecular weight is 299 g/mol. The highest BCUT2D eigenvalue weighted by atomic mass is 32.2. The third kappa shape index (κ3) is 1.88. The lowest BCUT2D eigenvalue weighted by atomic mass is 10.1. The molecule has 1 saturated heterocycles. The number of fused-ring (bicyclic) bond motifs is 1. The van der Waals surface area contributed by atoms with E-state index in [2.05, 4.69) is 15.0 Å². The van der Waals surface area contributed by atoms with Crippen molar-refractivity contribution in [2.24, 2.45) is 0 Å². The summed E-state index contributed by atoms with van der Waals surface area (Å²) < 4.78 is 1.48. The maximum Gasteiger partial charge on any atom is 0.280 e.